The normalized spacial score (nSPS) is 22.9. The molecule has 1 aliphatic heterocycles. The number of hydrogen-bond donors (Lipinski definition) is 1. The Hall–Kier alpha value is -1.56. The zero-order valence-electron chi connectivity index (χ0n) is 11.8. The van der Waals surface area contributed by atoms with E-state index in [0.29, 0.717) is 6.04 Å². The standard InChI is InChI=1S/C15H19N3O2S/c19-18(20)13-8-6-11(7-9-13)14-10-16-15(21-14)17-12-4-2-1-3-5-12/h6-9,12,14H,1-5,10H2,(H,16,17). The van der Waals surface area contributed by atoms with Gasteiger partial charge in [0.2, 0.25) is 0 Å². The molecule has 112 valence electrons. The van der Waals surface area contributed by atoms with Crippen LogP contribution in [0.15, 0.2) is 29.3 Å². The molecule has 21 heavy (non-hydrogen) atoms. The maximum absolute atomic E-state index is 10.7. The topological polar surface area (TPSA) is 67.5 Å². The fraction of sp³-hybridized carbons (Fsp3) is 0.533. The van der Waals surface area contributed by atoms with Gasteiger partial charge in [0, 0.05) is 18.2 Å². The number of hydrogen-bond acceptors (Lipinski definition) is 5. The van der Waals surface area contributed by atoms with Crippen molar-refractivity contribution < 1.29 is 4.92 Å². The molecule has 6 heteroatoms. The van der Waals surface area contributed by atoms with E-state index in [2.05, 4.69) is 10.3 Å². The van der Waals surface area contributed by atoms with Crippen LogP contribution in [0.1, 0.15) is 42.9 Å². The maximum atomic E-state index is 10.7. The van der Waals surface area contributed by atoms with Crippen molar-refractivity contribution >= 4 is 22.6 Å². The molecule has 1 heterocycles. The van der Waals surface area contributed by atoms with Crippen molar-refractivity contribution in [3.8, 4) is 0 Å². The summed E-state index contributed by atoms with van der Waals surface area (Å²) in [7, 11) is 0. The number of nitrogens with one attached hydrogen (secondary N) is 1. The number of thioether (sulfide) groups is 1. The Labute approximate surface area is 128 Å². The number of aliphatic imine (C=N–C) groups is 1. The molecule has 2 aliphatic rings. The van der Waals surface area contributed by atoms with Crippen LogP contribution in [0.25, 0.3) is 0 Å². The van der Waals surface area contributed by atoms with Gasteiger partial charge < -0.3 is 5.32 Å². The molecule has 1 saturated carbocycles. The Kier molecular flexibility index (Phi) is 4.43. The van der Waals surface area contributed by atoms with Crippen LogP contribution in [-0.2, 0) is 0 Å². The fourth-order valence-corrected chi connectivity index (χ4v) is 3.96. The van der Waals surface area contributed by atoms with E-state index in [0.717, 1.165) is 17.3 Å². The number of nitrogens with zero attached hydrogens (tertiary/aromatic N) is 2. The van der Waals surface area contributed by atoms with Gasteiger partial charge in [-0.05, 0) is 18.4 Å². The highest BCUT2D eigenvalue weighted by molar-refractivity contribution is 8.14. The Bertz CT molecular complexity index is 538. The summed E-state index contributed by atoms with van der Waals surface area (Å²) >= 11 is 1.74. The van der Waals surface area contributed by atoms with Gasteiger partial charge in [0.1, 0.15) is 0 Å². The van der Waals surface area contributed by atoms with Crippen molar-refractivity contribution in [2.24, 2.45) is 4.99 Å². The van der Waals surface area contributed by atoms with Gasteiger partial charge in [-0.15, -0.1) is 0 Å². The minimum atomic E-state index is -0.363. The van der Waals surface area contributed by atoms with Crippen LogP contribution in [0.5, 0.6) is 0 Å². The van der Waals surface area contributed by atoms with Crippen LogP contribution in [0.2, 0.25) is 0 Å². The van der Waals surface area contributed by atoms with Gasteiger partial charge in [0.25, 0.3) is 5.69 Å². The second-order valence-electron chi connectivity index (χ2n) is 5.58. The van der Waals surface area contributed by atoms with E-state index >= 15 is 0 Å². The Balaban J connectivity index is 1.56. The van der Waals surface area contributed by atoms with Crippen LogP contribution in [0.3, 0.4) is 0 Å². The maximum Gasteiger partial charge on any atom is 0.269 e. The van der Waals surface area contributed by atoms with Gasteiger partial charge in [-0.1, -0.05) is 43.2 Å². The lowest BCUT2D eigenvalue weighted by Gasteiger charge is -2.23. The quantitative estimate of drug-likeness (QED) is 0.683. The van der Waals surface area contributed by atoms with E-state index in [1.54, 1.807) is 23.9 Å². The van der Waals surface area contributed by atoms with Gasteiger partial charge in [0.15, 0.2) is 5.17 Å². The third kappa shape index (κ3) is 3.56. The summed E-state index contributed by atoms with van der Waals surface area (Å²) in [5.74, 6) is 0. The minimum absolute atomic E-state index is 0.142. The Morgan fingerprint density at radius 1 is 1.19 bits per heavy atom. The lowest BCUT2D eigenvalue weighted by Crippen LogP contribution is -2.33. The van der Waals surface area contributed by atoms with E-state index in [4.69, 9.17) is 0 Å². The number of nitro benzene ring substituents is 1. The molecule has 0 saturated heterocycles. The average Bonchev–Trinajstić information content (AvgIpc) is 2.97. The largest absolute Gasteiger partial charge is 0.362 e. The first-order valence-corrected chi connectivity index (χ1v) is 8.32. The molecule has 1 aliphatic carbocycles. The molecule has 0 amide bonds. The summed E-state index contributed by atoms with van der Waals surface area (Å²) < 4.78 is 0. The average molecular weight is 305 g/mol. The summed E-state index contributed by atoms with van der Waals surface area (Å²) in [6, 6.07) is 7.40. The summed E-state index contributed by atoms with van der Waals surface area (Å²) in [6.45, 7) is 0.748. The highest BCUT2D eigenvalue weighted by Crippen LogP contribution is 2.35. The third-order valence-corrected chi connectivity index (χ3v) is 5.24. The van der Waals surface area contributed by atoms with E-state index in [9.17, 15) is 10.1 Å². The summed E-state index contributed by atoms with van der Waals surface area (Å²) in [6.07, 6.45) is 6.44. The molecular weight excluding hydrogens is 286 g/mol. The molecule has 0 aromatic heterocycles. The zero-order valence-corrected chi connectivity index (χ0v) is 12.6. The fourth-order valence-electron chi connectivity index (χ4n) is 2.86. The smallest absolute Gasteiger partial charge is 0.269 e. The van der Waals surface area contributed by atoms with Gasteiger partial charge in [-0.3, -0.25) is 15.1 Å². The molecule has 1 aromatic carbocycles. The van der Waals surface area contributed by atoms with Crippen LogP contribution in [-0.4, -0.2) is 22.7 Å². The molecule has 0 spiro atoms. The van der Waals surface area contributed by atoms with Crippen molar-refractivity contribution in [1.29, 1.82) is 0 Å². The van der Waals surface area contributed by atoms with Gasteiger partial charge in [0.05, 0.1) is 16.7 Å². The Morgan fingerprint density at radius 3 is 2.57 bits per heavy atom. The molecule has 0 radical (unpaired) electrons. The monoisotopic (exact) mass is 305 g/mol. The van der Waals surface area contributed by atoms with E-state index in [1.807, 2.05) is 12.1 Å². The zero-order chi connectivity index (χ0) is 14.7. The predicted octanol–water partition coefficient (Wildman–Crippen LogP) is 3.66. The molecule has 1 unspecified atom stereocenters. The van der Waals surface area contributed by atoms with Gasteiger partial charge >= 0.3 is 0 Å². The summed E-state index contributed by atoms with van der Waals surface area (Å²) in [5, 5.41) is 15.5. The van der Waals surface area contributed by atoms with Crippen LogP contribution >= 0.6 is 11.8 Å². The highest BCUT2D eigenvalue weighted by atomic mass is 32.2. The molecule has 3 rings (SSSR count). The number of amidine groups is 1. The molecule has 5 nitrogen and oxygen atoms in total. The Morgan fingerprint density at radius 2 is 1.90 bits per heavy atom. The predicted molar refractivity (Wildman–Crippen MR) is 85.7 cm³/mol. The third-order valence-electron chi connectivity index (χ3n) is 4.06. The molecule has 1 atom stereocenters. The van der Waals surface area contributed by atoms with Crippen molar-refractivity contribution in [2.45, 2.75) is 43.4 Å². The van der Waals surface area contributed by atoms with E-state index in [-0.39, 0.29) is 15.9 Å². The van der Waals surface area contributed by atoms with E-state index < -0.39 is 0 Å². The summed E-state index contributed by atoms with van der Waals surface area (Å²) in [4.78, 5) is 14.9. The molecule has 1 N–H and O–H groups in total. The highest BCUT2D eigenvalue weighted by Gasteiger charge is 2.24. The van der Waals surface area contributed by atoms with Crippen molar-refractivity contribution in [2.75, 3.05) is 6.54 Å². The van der Waals surface area contributed by atoms with Crippen molar-refractivity contribution in [3.63, 3.8) is 0 Å². The molecule has 1 fully saturated rings. The van der Waals surface area contributed by atoms with Gasteiger partial charge in [-0.25, -0.2) is 0 Å². The lowest BCUT2D eigenvalue weighted by molar-refractivity contribution is -0.384. The first-order valence-electron chi connectivity index (χ1n) is 7.44. The van der Waals surface area contributed by atoms with Crippen molar-refractivity contribution in [3.05, 3.63) is 39.9 Å². The minimum Gasteiger partial charge on any atom is -0.362 e. The van der Waals surface area contributed by atoms with Gasteiger partial charge in [-0.2, -0.15) is 0 Å². The lowest BCUT2D eigenvalue weighted by atomic mass is 9.96. The number of rotatable bonds is 3. The molecular formula is C15H19N3O2S. The number of non-ortho nitro benzene ring substituents is 1. The first kappa shape index (κ1) is 14.4. The first-order chi connectivity index (χ1) is 10.2. The van der Waals surface area contributed by atoms with Crippen LogP contribution in [0, 0.1) is 10.1 Å². The van der Waals surface area contributed by atoms with Crippen LogP contribution in [0.4, 0.5) is 5.69 Å². The molecule has 1 aromatic rings. The number of benzene rings is 1. The van der Waals surface area contributed by atoms with Crippen LogP contribution < -0.4 is 5.32 Å². The summed E-state index contributed by atoms with van der Waals surface area (Å²) in [5.41, 5.74) is 1.25. The van der Waals surface area contributed by atoms with E-state index in [1.165, 1.54) is 32.1 Å². The van der Waals surface area contributed by atoms with Crippen molar-refractivity contribution in [1.82, 2.24) is 5.32 Å². The molecule has 0 bridgehead atoms. The number of nitro groups is 1. The second-order valence-corrected chi connectivity index (χ2v) is 6.77. The SMILES string of the molecule is O=[N+]([O-])c1ccc(C2CN=C(NC3CCCCC3)S2)cc1. The second kappa shape index (κ2) is 6.47.